The van der Waals surface area contributed by atoms with E-state index in [9.17, 15) is 18.0 Å². The summed E-state index contributed by atoms with van der Waals surface area (Å²) < 4.78 is 39.8. The van der Waals surface area contributed by atoms with Gasteiger partial charge in [0.2, 0.25) is 5.91 Å². The molecule has 2 atom stereocenters. The Bertz CT molecular complexity index is 947. The van der Waals surface area contributed by atoms with Gasteiger partial charge in [-0.1, -0.05) is 0 Å². The van der Waals surface area contributed by atoms with Gasteiger partial charge in [-0.2, -0.15) is 13.2 Å². The van der Waals surface area contributed by atoms with Crippen molar-refractivity contribution in [1.82, 2.24) is 15.3 Å². The highest BCUT2D eigenvalue weighted by Gasteiger charge is 2.43. The first-order valence-corrected chi connectivity index (χ1v) is 10.2. The zero-order chi connectivity index (χ0) is 20.9. The SMILES string of the molecule is O=C(NC1CC1)C1Cc2cc(C(F)(F)F)ccc2N2CCN(c3cnccn3)CC12. The van der Waals surface area contributed by atoms with Crippen LogP contribution in [0.2, 0.25) is 0 Å². The van der Waals surface area contributed by atoms with Crippen molar-refractivity contribution in [2.75, 3.05) is 29.4 Å². The number of fused-ring (bicyclic) bond motifs is 3. The second kappa shape index (κ2) is 7.14. The molecule has 0 bridgehead atoms. The average molecular weight is 417 g/mol. The van der Waals surface area contributed by atoms with Gasteiger partial charge in [0.05, 0.1) is 23.7 Å². The van der Waals surface area contributed by atoms with Crippen LogP contribution >= 0.6 is 0 Å². The fraction of sp³-hybridized carbons (Fsp3) is 0.476. The van der Waals surface area contributed by atoms with Crippen molar-refractivity contribution in [2.45, 2.75) is 37.5 Å². The predicted octanol–water partition coefficient (Wildman–Crippen LogP) is 2.64. The summed E-state index contributed by atoms with van der Waals surface area (Å²) in [5.41, 5.74) is 0.714. The Morgan fingerprint density at radius 3 is 2.70 bits per heavy atom. The standard InChI is InChI=1S/C21H22F3N5O/c22-21(23,24)14-1-4-17-13(9-14)10-16(20(30)27-15-2-3-15)18-12-28(7-8-29(17)18)19-11-25-5-6-26-19/h1,4-6,9,11,15-16,18H,2-3,7-8,10,12H2,(H,27,30). The normalized spacial score (nSPS) is 23.6. The number of carbonyl (C=O) groups is 1. The summed E-state index contributed by atoms with van der Waals surface area (Å²) in [7, 11) is 0. The minimum Gasteiger partial charge on any atom is -0.364 e. The van der Waals surface area contributed by atoms with Crippen LogP contribution in [-0.2, 0) is 17.4 Å². The Kier molecular flexibility index (Phi) is 4.56. The molecule has 158 valence electrons. The molecule has 9 heteroatoms. The largest absolute Gasteiger partial charge is 0.416 e. The number of amides is 1. The zero-order valence-electron chi connectivity index (χ0n) is 16.3. The van der Waals surface area contributed by atoms with Gasteiger partial charge in [0.15, 0.2) is 0 Å². The van der Waals surface area contributed by atoms with Crippen LogP contribution < -0.4 is 15.1 Å². The van der Waals surface area contributed by atoms with Crippen LogP contribution in [0.4, 0.5) is 24.7 Å². The van der Waals surface area contributed by atoms with Crippen molar-refractivity contribution >= 4 is 17.4 Å². The van der Waals surface area contributed by atoms with Gasteiger partial charge in [0, 0.05) is 43.8 Å². The van der Waals surface area contributed by atoms with Gasteiger partial charge in [0.1, 0.15) is 5.82 Å². The number of hydrogen-bond donors (Lipinski definition) is 1. The highest BCUT2D eigenvalue weighted by molar-refractivity contribution is 5.83. The maximum Gasteiger partial charge on any atom is 0.416 e. The molecule has 0 spiro atoms. The predicted molar refractivity (Wildman–Crippen MR) is 105 cm³/mol. The average Bonchev–Trinajstić information content (AvgIpc) is 3.56. The van der Waals surface area contributed by atoms with Gasteiger partial charge in [-0.05, 0) is 43.0 Å². The molecule has 5 rings (SSSR count). The fourth-order valence-corrected chi connectivity index (χ4v) is 4.50. The monoisotopic (exact) mass is 417 g/mol. The molecule has 3 aliphatic rings. The van der Waals surface area contributed by atoms with E-state index in [2.05, 4.69) is 25.1 Å². The van der Waals surface area contributed by atoms with E-state index >= 15 is 0 Å². The Morgan fingerprint density at radius 2 is 2.00 bits per heavy atom. The molecule has 1 aliphatic carbocycles. The van der Waals surface area contributed by atoms with Gasteiger partial charge in [-0.25, -0.2) is 4.98 Å². The Balaban J connectivity index is 1.48. The van der Waals surface area contributed by atoms with E-state index in [1.54, 1.807) is 24.7 Å². The smallest absolute Gasteiger partial charge is 0.364 e. The van der Waals surface area contributed by atoms with Gasteiger partial charge < -0.3 is 15.1 Å². The van der Waals surface area contributed by atoms with Crippen LogP contribution in [0.1, 0.15) is 24.0 Å². The molecular weight excluding hydrogens is 395 g/mol. The molecule has 3 heterocycles. The summed E-state index contributed by atoms with van der Waals surface area (Å²) in [5.74, 6) is 0.259. The molecule has 1 N–H and O–H groups in total. The molecule has 30 heavy (non-hydrogen) atoms. The van der Waals surface area contributed by atoms with Crippen molar-refractivity contribution in [1.29, 1.82) is 0 Å². The lowest BCUT2D eigenvalue weighted by molar-refractivity contribution is -0.137. The lowest BCUT2D eigenvalue weighted by Crippen LogP contribution is -2.61. The maximum absolute atomic E-state index is 13.3. The first-order valence-electron chi connectivity index (χ1n) is 10.2. The van der Waals surface area contributed by atoms with Gasteiger partial charge in [-0.3, -0.25) is 9.78 Å². The highest BCUT2D eigenvalue weighted by Crippen LogP contribution is 2.40. The summed E-state index contributed by atoms with van der Waals surface area (Å²) in [6, 6.07) is 3.96. The number of hydrogen-bond acceptors (Lipinski definition) is 5. The molecule has 2 aliphatic heterocycles. The van der Waals surface area contributed by atoms with Crippen molar-refractivity contribution in [3.8, 4) is 0 Å². The summed E-state index contributed by atoms with van der Waals surface area (Å²) in [5, 5.41) is 3.05. The number of nitrogens with one attached hydrogen (secondary N) is 1. The third-order valence-electron chi connectivity index (χ3n) is 6.17. The summed E-state index contributed by atoms with van der Waals surface area (Å²) >= 11 is 0. The highest BCUT2D eigenvalue weighted by atomic mass is 19.4. The molecule has 1 aromatic carbocycles. The quantitative estimate of drug-likeness (QED) is 0.832. The molecule has 1 amide bonds. The first-order chi connectivity index (χ1) is 14.4. The van der Waals surface area contributed by atoms with Crippen LogP contribution in [0.25, 0.3) is 0 Å². The summed E-state index contributed by atoms with van der Waals surface area (Å²) in [4.78, 5) is 25.7. The van der Waals surface area contributed by atoms with E-state index in [-0.39, 0.29) is 18.0 Å². The number of benzene rings is 1. The van der Waals surface area contributed by atoms with Crippen molar-refractivity contribution in [3.05, 3.63) is 47.9 Å². The van der Waals surface area contributed by atoms with Gasteiger partial charge in [-0.15, -0.1) is 0 Å². The Labute approximate surface area is 172 Å². The summed E-state index contributed by atoms with van der Waals surface area (Å²) in [6.07, 6.45) is 2.77. The van der Waals surface area contributed by atoms with E-state index < -0.39 is 17.7 Å². The molecule has 1 aromatic heterocycles. The summed E-state index contributed by atoms with van der Waals surface area (Å²) in [6.45, 7) is 1.83. The molecule has 2 fully saturated rings. The number of halogens is 3. The first kappa shape index (κ1) is 19.1. The topological polar surface area (TPSA) is 61.4 Å². The van der Waals surface area contributed by atoms with Crippen molar-refractivity contribution in [2.24, 2.45) is 5.92 Å². The Hall–Kier alpha value is -2.84. The van der Waals surface area contributed by atoms with E-state index in [1.165, 1.54) is 6.07 Å². The molecule has 2 unspecified atom stereocenters. The van der Waals surface area contributed by atoms with E-state index in [0.717, 1.165) is 30.4 Å². The number of alkyl halides is 3. The van der Waals surface area contributed by atoms with Crippen molar-refractivity contribution in [3.63, 3.8) is 0 Å². The van der Waals surface area contributed by atoms with Crippen LogP contribution in [0.3, 0.4) is 0 Å². The number of nitrogens with zero attached hydrogens (tertiary/aromatic N) is 4. The van der Waals surface area contributed by atoms with Gasteiger partial charge in [0.25, 0.3) is 0 Å². The Morgan fingerprint density at radius 1 is 1.17 bits per heavy atom. The number of rotatable bonds is 3. The zero-order valence-corrected chi connectivity index (χ0v) is 16.3. The third-order valence-corrected chi connectivity index (χ3v) is 6.17. The minimum atomic E-state index is -4.40. The molecule has 1 saturated carbocycles. The number of aromatic nitrogens is 2. The molecule has 2 aromatic rings. The molecule has 6 nitrogen and oxygen atoms in total. The van der Waals surface area contributed by atoms with E-state index in [0.29, 0.717) is 31.6 Å². The second-order valence-corrected chi connectivity index (χ2v) is 8.21. The second-order valence-electron chi connectivity index (χ2n) is 8.21. The van der Waals surface area contributed by atoms with Gasteiger partial charge >= 0.3 is 6.18 Å². The van der Waals surface area contributed by atoms with E-state index in [4.69, 9.17) is 0 Å². The molecule has 1 saturated heterocycles. The molecular formula is C21H22F3N5O. The lowest BCUT2D eigenvalue weighted by Gasteiger charge is -2.49. The van der Waals surface area contributed by atoms with Crippen LogP contribution in [0.15, 0.2) is 36.8 Å². The maximum atomic E-state index is 13.3. The van der Waals surface area contributed by atoms with Crippen LogP contribution in [0, 0.1) is 5.92 Å². The lowest BCUT2D eigenvalue weighted by atomic mass is 9.82. The number of piperazine rings is 1. The molecule has 0 radical (unpaired) electrons. The number of anilines is 2. The number of carbonyl (C=O) groups excluding carboxylic acids is 1. The van der Waals surface area contributed by atoms with Crippen LogP contribution in [0.5, 0.6) is 0 Å². The fourth-order valence-electron chi connectivity index (χ4n) is 4.50. The van der Waals surface area contributed by atoms with E-state index in [1.807, 2.05) is 0 Å². The van der Waals surface area contributed by atoms with Crippen molar-refractivity contribution < 1.29 is 18.0 Å². The minimum absolute atomic E-state index is 0.0726. The van der Waals surface area contributed by atoms with Crippen LogP contribution in [-0.4, -0.2) is 47.6 Å². The third kappa shape index (κ3) is 3.57.